The molecule has 0 fully saturated rings. The molecule has 0 saturated heterocycles. The molecule has 0 aliphatic heterocycles. The summed E-state index contributed by atoms with van der Waals surface area (Å²) in [4.78, 5) is 0. The zero-order valence-electron chi connectivity index (χ0n) is 4.19. The van der Waals surface area contributed by atoms with Gasteiger partial charge >= 0.3 is 0 Å². The molecule has 1 radical (unpaired) electrons. The van der Waals surface area contributed by atoms with Crippen LogP contribution < -0.4 is 5.73 Å². The molecule has 0 unspecified atom stereocenters. The summed E-state index contributed by atoms with van der Waals surface area (Å²) in [5, 5.41) is 0. The van der Waals surface area contributed by atoms with Crippen LogP contribution >= 0.6 is 0 Å². The molecular weight excluding hydrogens is 105 g/mol. The molecular formula is C6H5FN. The van der Waals surface area contributed by atoms with E-state index >= 15 is 0 Å². The lowest BCUT2D eigenvalue weighted by molar-refractivity contribution is 0.628. The average Bonchev–Trinajstić information content (AvgIpc) is 1.77. The minimum absolute atomic E-state index is 0.306. The summed E-state index contributed by atoms with van der Waals surface area (Å²) in [6, 6.07) is 6.47. The van der Waals surface area contributed by atoms with Crippen molar-refractivity contribution in [2.45, 2.75) is 0 Å². The van der Waals surface area contributed by atoms with Crippen molar-refractivity contribution in [1.82, 2.24) is 0 Å². The summed E-state index contributed by atoms with van der Waals surface area (Å²) in [6.07, 6.45) is 0. The molecule has 0 saturated carbocycles. The number of hydrogen-bond donors (Lipinski definition) is 1. The van der Waals surface area contributed by atoms with E-state index in [1.165, 1.54) is 18.2 Å². The molecule has 41 valence electrons. The highest BCUT2D eigenvalue weighted by atomic mass is 19.1. The molecule has 1 aromatic rings. The van der Waals surface area contributed by atoms with E-state index in [4.69, 9.17) is 5.73 Å². The highest BCUT2D eigenvalue weighted by molar-refractivity contribution is 5.35. The highest BCUT2D eigenvalue weighted by Crippen LogP contribution is 2.00. The number of benzene rings is 1. The van der Waals surface area contributed by atoms with Crippen LogP contribution in [0.2, 0.25) is 0 Å². The number of anilines is 1. The highest BCUT2D eigenvalue weighted by Gasteiger charge is 1.84. The lowest BCUT2D eigenvalue weighted by Crippen LogP contribution is -1.82. The van der Waals surface area contributed by atoms with Crippen LogP contribution in [0.1, 0.15) is 0 Å². The maximum absolute atomic E-state index is 12.0. The summed E-state index contributed by atoms with van der Waals surface area (Å²) in [5.74, 6) is -0.306. The molecule has 0 bridgehead atoms. The zero-order valence-corrected chi connectivity index (χ0v) is 4.19. The third-order valence-corrected chi connectivity index (χ3v) is 0.799. The second kappa shape index (κ2) is 1.82. The van der Waals surface area contributed by atoms with Crippen LogP contribution in [0.15, 0.2) is 18.2 Å². The van der Waals surface area contributed by atoms with Gasteiger partial charge in [-0.3, -0.25) is 0 Å². The van der Waals surface area contributed by atoms with Crippen LogP contribution in [-0.4, -0.2) is 0 Å². The predicted octanol–water partition coefficient (Wildman–Crippen LogP) is 1.21. The first-order valence-electron chi connectivity index (χ1n) is 2.22. The molecule has 0 aliphatic rings. The van der Waals surface area contributed by atoms with Gasteiger partial charge in [0.05, 0.1) is 0 Å². The zero-order chi connectivity index (χ0) is 5.98. The first kappa shape index (κ1) is 5.09. The van der Waals surface area contributed by atoms with E-state index in [-0.39, 0.29) is 5.82 Å². The fourth-order valence-electron chi connectivity index (χ4n) is 0.418. The van der Waals surface area contributed by atoms with Crippen molar-refractivity contribution in [2.24, 2.45) is 0 Å². The number of nitrogens with two attached hydrogens (primary N) is 1. The van der Waals surface area contributed by atoms with E-state index in [1.807, 2.05) is 0 Å². The van der Waals surface area contributed by atoms with E-state index in [0.29, 0.717) is 5.69 Å². The molecule has 1 rings (SSSR count). The van der Waals surface area contributed by atoms with Gasteiger partial charge < -0.3 is 5.73 Å². The number of rotatable bonds is 0. The topological polar surface area (TPSA) is 26.0 Å². The van der Waals surface area contributed by atoms with Gasteiger partial charge in [-0.05, 0) is 18.2 Å². The molecule has 2 N–H and O–H groups in total. The van der Waals surface area contributed by atoms with Crippen LogP contribution in [0.4, 0.5) is 10.1 Å². The van der Waals surface area contributed by atoms with Gasteiger partial charge in [-0.15, -0.1) is 0 Å². The normalized spacial score (nSPS) is 9.12. The van der Waals surface area contributed by atoms with E-state index < -0.39 is 0 Å². The summed E-state index contributed by atoms with van der Waals surface area (Å²) < 4.78 is 12.0. The smallest absolute Gasteiger partial charge is 0.123 e. The van der Waals surface area contributed by atoms with Gasteiger partial charge in [-0.25, -0.2) is 4.39 Å². The molecule has 8 heavy (non-hydrogen) atoms. The molecule has 0 spiro atoms. The van der Waals surface area contributed by atoms with Crippen molar-refractivity contribution in [3.05, 3.63) is 30.1 Å². The standard InChI is InChI=1S/C6H5FN/c7-5-1-3-6(8)4-2-5/h1-3H,8H2. The Balaban J connectivity index is 3.03. The number of hydrogen-bond acceptors (Lipinski definition) is 1. The Bertz CT molecular complexity index is 147. The molecule has 0 heterocycles. The van der Waals surface area contributed by atoms with E-state index in [1.54, 1.807) is 0 Å². The van der Waals surface area contributed by atoms with Gasteiger partial charge in [-0.2, -0.15) is 0 Å². The summed E-state index contributed by atoms with van der Waals surface area (Å²) >= 11 is 0. The molecule has 0 atom stereocenters. The fraction of sp³-hybridized carbons (Fsp3) is 0. The average molecular weight is 110 g/mol. The maximum Gasteiger partial charge on any atom is 0.123 e. The maximum atomic E-state index is 12.0. The van der Waals surface area contributed by atoms with Gasteiger partial charge in [-0.1, -0.05) is 0 Å². The van der Waals surface area contributed by atoms with Gasteiger partial charge in [0.1, 0.15) is 5.82 Å². The number of nitrogen functional groups attached to an aromatic ring is 1. The van der Waals surface area contributed by atoms with Crippen molar-refractivity contribution in [1.29, 1.82) is 0 Å². The molecule has 2 heteroatoms. The van der Waals surface area contributed by atoms with Gasteiger partial charge in [0.25, 0.3) is 0 Å². The third-order valence-electron chi connectivity index (χ3n) is 0.799. The Labute approximate surface area is 46.9 Å². The third kappa shape index (κ3) is 0.964. The first-order valence-corrected chi connectivity index (χ1v) is 2.22. The second-order valence-electron chi connectivity index (χ2n) is 1.46. The monoisotopic (exact) mass is 110 g/mol. The van der Waals surface area contributed by atoms with E-state index in [2.05, 4.69) is 6.07 Å². The van der Waals surface area contributed by atoms with Crippen molar-refractivity contribution >= 4 is 5.69 Å². The minimum atomic E-state index is -0.306. The largest absolute Gasteiger partial charge is 0.398 e. The summed E-state index contributed by atoms with van der Waals surface area (Å²) in [7, 11) is 0. The van der Waals surface area contributed by atoms with Crippen LogP contribution in [0.5, 0.6) is 0 Å². The van der Waals surface area contributed by atoms with E-state index in [9.17, 15) is 4.39 Å². The molecule has 0 aliphatic carbocycles. The van der Waals surface area contributed by atoms with Crippen molar-refractivity contribution < 1.29 is 4.39 Å². The Morgan fingerprint density at radius 2 is 2.25 bits per heavy atom. The van der Waals surface area contributed by atoms with Crippen LogP contribution in [-0.2, 0) is 0 Å². The van der Waals surface area contributed by atoms with Gasteiger partial charge in [0.15, 0.2) is 0 Å². The van der Waals surface area contributed by atoms with Crippen LogP contribution in [0.25, 0.3) is 0 Å². The van der Waals surface area contributed by atoms with Gasteiger partial charge in [0, 0.05) is 11.8 Å². The lowest BCUT2D eigenvalue weighted by Gasteiger charge is -1.86. The molecule has 1 nitrogen and oxygen atoms in total. The van der Waals surface area contributed by atoms with E-state index in [0.717, 1.165) is 0 Å². The Morgan fingerprint density at radius 1 is 1.50 bits per heavy atom. The Morgan fingerprint density at radius 3 is 2.62 bits per heavy atom. The molecule has 0 aromatic heterocycles. The summed E-state index contributed by atoms with van der Waals surface area (Å²) in [5.41, 5.74) is 5.67. The minimum Gasteiger partial charge on any atom is -0.398 e. The molecule has 1 aromatic carbocycles. The first-order chi connectivity index (χ1) is 3.79. The van der Waals surface area contributed by atoms with Crippen LogP contribution in [0, 0.1) is 11.9 Å². The van der Waals surface area contributed by atoms with Gasteiger partial charge in [0.2, 0.25) is 0 Å². The second-order valence-corrected chi connectivity index (χ2v) is 1.46. The summed E-state index contributed by atoms with van der Waals surface area (Å²) in [6.45, 7) is 0. The Kier molecular flexibility index (Phi) is 1.16. The predicted molar refractivity (Wildman–Crippen MR) is 29.6 cm³/mol. The fourth-order valence-corrected chi connectivity index (χ4v) is 0.418. The lowest BCUT2D eigenvalue weighted by atomic mass is 10.3. The molecule has 0 amide bonds. The Hall–Kier alpha value is -1.05. The van der Waals surface area contributed by atoms with Crippen LogP contribution in [0.3, 0.4) is 0 Å². The van der Waals surface area contributed by atoms with Crippen molar-refractivity contribution in [3.63, 3.8) is 0 Å². The van der Waals surface area contributed by atoms with Crippen molar-refractivity contribution in [2.75, 3.05) is 5.73 Å². The number of halogens is 1. The quantitative estimate of drug-likeness (QED) is 0.499. The SMILES string of the molecule is Nc1[c]cc(F)cc1. The van der Waals surface area contributed by atoms with Crippen molar-refractivity contribution in [3.8, 4) is 0 Å².